The van der Waals surface area contributed by atoms with Crippen molar-refractivity contribution in [3.63, 3.8) is 0 Å². The number of nitrogens with two attached hydrogens (primary N) is 1. The molecule has 8 heteroatoms. The van der Waals surface area contributed by atoms with Crippen molar-refractivity contribution < 1.29 is 9.13 Å². The third-order valence-corrected chi connectivity index (χ3v) is 2.97. The molecule has 2 aromatic rings. The van der Waals surface area contributed by atoms with E-state index in [0.717, 1.165) is 0 Å². The van der Waals surface area contributed by atoms with Gasteiger partial charge in [-0.1, -0.05) is 0 Å². The minimum atomic E-state index is -0.379. The third-order valence-electron chi connectivity index (χ3n) is 2.33. The lowest BCUT2D eigenvalue weighted by molar-refractivity contribution is 0.415. The normalized spacial score (nSPS) is 10.1. The van der Waals surface area contributed by atoms with Crippen molar-refractivity contribution in [3.8, 4) is 5.75 Å². The molecule has 100 valence electrons. The Bertz CT molecular complexity index is 595. The SMILES string of the molecule is COc1c(NN)ncnc1Nc1ccc(Br)c(F)c1. The fraction of sp³-hybridized carbons (Fsp3) is 0.0909. The monoisotopic (exact) mass is 327 g/mol. The van der Waals surface area contributed by atoms with E-state index in [1.807, 2.05) is 0 Å². The topological polar surface area (TPSA) is 85.1 Å². The second-order valence-electron chi connectivity index (χ2n) is 3.50. The molecule has 0 saturated carbocycles. The summed E-state index contributed by atoms with van der Waals surface area (Å²) in [6.45, 7) is 0. The van der Waals surface area contributed by atoms with E-state index in [1.54, 1.807) is 12.1 Å². The van der Waals surface area contributed by atoms with Crippen LogP contribution in [-0.2, 0) is 0 Å². The number of nitrogen functional groups attached to an aromatic ring is 1. The van der Waals surface area contributed by atoms with Crippen LogP contribution in [0, 0.1) is 5.82 Å². The van der Waals surface area contributed by atoms with E-state index in [2.05, 4.69) is 36.6 Å². The molecule has 1 aromatic carbocycles. The highest BCUT2D eigenvalue weighted by Gasteiger charge is 2.12. The van der Waals surface area contributed by atoms with E-state index in [0.29, 0.717) is 27.5 Å². The van der Waals surface area contributed by atoms with Gasteiger partial charge in [-0.15, -0.1) is 0 Å². The van der Waals surface area contributed by atoms with Crippen molar-refractivity contribution in [2.75, 3.05) is 17.9 Å². The molecule has 0 unspecified atom stereocenters. The van der Waals surface area contributed by atoms with Gasteiger partial charge in [-0.2, -0.15) is 0 Å². The van der Waals surface area contributed by atoms with Gasteiger partial charge in [-0.3, -0.25) is 0 Å². The summed E-state index contributed by atoms with van der Waals surface area (Å²) in [5, 5.41) is 2.93. The molecule has 0 bridgehead atoms. The Morgan fingerprint density at radius 3 is 2.68 bits per heavy atom. The van der Waals surface area contributed by atoms with Gasteiger partial charge in [0.2, 0.25) is 5.75 Å². The number of methoxy groups -OCH3 is 1. The van der Waals surface area contributed by atoms with Crippen LogP contribution in [0.5, 0.6) is 5.75 Å². The van der Waals surface area contributed by atoms with Crippen LogP contribution in [0.15, 0.2) is 29.0 Å². The standard InChI is InChI=1S/C11H11BrFN5O/c1-19-9-10(15-5-16-11(9)18-14)17-6-2-3-7(12)8(13)4-6/h2-5H,14H2,1H3,(H2,15,16,17,18). The largest absolute Gasteiger partial charge is 0.490 e. The fourth-order valence-corrected chi connectivity index (χ4v) is 1.72. The number of rotatable bonds is 4. The lowest BCUT2D eigenvalue weighted by atomic mass is 10.3. The van der Waals surface area contributed by atoms with Crippen LogP contribution in [0.25, 0.3) is 0 Å². The molecule has 0 fully saturated rings. The minimum Gasteiger partial charge on any atom is -0.490 e. The van der Waals surface area contributed by atoms with Gasteiger partial charge in [-0.05, 0) is 34.1 Å². The van der Waals surface area contributed by atoms with Crippen LogP contribution in [0.4, 0.5) is 21.7 Å². The van der Waals surface area contributed by atoms with Crippen molar-refractivity contribution in [1.29, 1.82) is 0 Å². The van der Waals surface area contributed by atoms with Gasteiger partial charge in [0.25, 0.3) is 0 Å². The molecular weight excluding hydrogens is 317 g/mol. The summed E-state index contributed by atoms with van der Waals surface area (Å²) < 4.78 is 19.0. The Labute approximate surface area is 117 Å². The number of benzene rings is 1. The Balaban J connectivity index is 2.35. The number of ether oxygens (including phenoxy) is 1. The fourth-order valence-electron chi connectivity index (χ4n) is 1.47. The number of hydrogen-bond acceptors (Lipinski definition) is 6. The molecule has 19 heavy (non-hydrogen) atoms. The van der Waals surface area contributed by atoms with Crippen molar-refractivity contribution in [1.82, 2.24) is 9.97 Å². The predicted octanol–water partition coefficient (Wildman–Crippen LogP) is 2.42. The van der Waals surface area contributed by atoms with Crippen molar-refractivity contribution >= 4 is 33.3 Å². The molecule has 2 rings (SSSR count). The highest BCUT2D eigenvalue weighted by molar-refractivity contribution is 9.10. The smallest absolute Gasteiger partial charge is 0.205 e. The zero-order valence-electron chi connectivity index (χ0n) is 9.95. The third kappa shape index (κ3) is 2.91. The summed E-state index contributed by atoms with van der Waals surface area (Å²) in [4.78, 5) is 7.94. The molecule has 4 N–H and O–H groups in total. The van der Waals surface area contributed by atoms with Crippen molar-refractivity contribution in [2.24, 2.45) is 5.84 Å². The first-order valence-corrected chi connectivity index (χ1v) is 6.02. The molecular formula is C11H11BrFN5O. The molecule has 0 radical (unpaired) electrons. The highest BCUT2D eigenvalue weighted by Crippen LogP contribution is 2.31. The summed E-state index contributed by atoms with van der Waals surface area (Å²) in [7, 11) is 1.47. The number of anilines is 3. The van der Waals surface area contributed by atoms with Crippen molar-refractivity contribution in [3.05, 3.63) is 34.8 Å². The Hall–Kier alpha value is -1.93. The van der Waals surface area contributed by atoms with Crippen molar-refractivity contribution in [2.45, 2.75) is 0 Å². The molecule has 0 atom stereocenters. The van der Waals surface area contributed by atoms with Crippen LogP contribution in [0.3, 0.4) is 0 Å². The summed E-state index contributed by atoms with van der Waals surface area (Å²) in [6.07, 6.45) is 1.31. The molecule has 1 aromatic heterocycles. The minimum absolute atomic E-state index is 0.331. The first kappa shape index (κ1) is 13.5. The van der Waals surface area contributed by atoms with Gasteiger partial charge in [0.15, 0.2) is 11.6 Å². The molecule has 6 nitrogen and oxygen atoms in total. The number of hydrogen-bond donors (Lipinski definition) is 3. The quantitative estimate of drug-likeness (QED) is 0.590. The summed E-state index contributed by atoms with van der Waals surface area (Å²) in [6, 6.07) is 4.62. The molecule has 0 aliphatic rings. The van der Waals surface area contributed by atoms with Crippen LogP contribution >= 0.6 is 15.9 Å². The Kier molecular flexibility index (Phi) is 4.13. The molecule has 0 aliphatic heterocycles. The van der Waals surface area contributed by atoms with Crippen LogP contribution in [0.2, 0.25) is 0 Å². The molecule has 0 aliphatic carbocycles. The lowest BCUT2D eigenvalue weighted by Crippen LogP contribution is -2.11. The number of hydrazine groups is 1. The van der Waals surface area contributed by atoms with Crippen LogP contribution < -0.4 is 21.3 Å². The summed E-state index contributed by atoms with van der Waals surface area (Å²) >= 11 is 3.09. The van der Waals surface area contributed by atoms with Gasteiger partial charge in [0, 0.05) is 5.69 Å². The number of halogens is 2. The maximum Gasteiger partial charge on any atom is 0.205 e. The average Bonchev–Trinajstić information content (AvgIpc) is 2.42. The summed E-state index contributed by atoms with van der Waals surface area (Å²) in [5.74, 6) is 5.99. The summed E-state index contributed by atoms with van der Waals surface area (Å²) in [5.41, 5.74) is 2.92. The molecule has 0 saturated heterocycles. The molecule has 0 amide bonds. The Morgan fingerprint density at radius 2 is 2.05 bits per heavy atom. The first-order chi connectivity index (χ1) is 9.15. The average molecular weight is 328 g/mol. The van der Waals surface area contributed by atoms with E-state index in [4.69, 9.17) is 10.6 Å². The molecule has 0 spiro atoms. The maximum absolute atomic E-state index is 13.4. The number of aromatic nitrogens is 2. The highest BCUT2D eigenvalue weighted by atomic mass is 79.9. The second-order valence-corrected chi connectivity index (χ2v) is 4.36. The lowest BCUT2D eigenvalue weighted by Gasteiger charge is -2.12. The van der Waals surface area contributed by atoms with E-state index in [9.17, 15) is 4.39 Å². The second kappa shape index (κ2) is 5.81. The van der Waals surface area contributed by atoms with Crippen LogP contribution in [0.1, 0.15) is 0 Å². The van der Waals surface area contributed by atoms with Gasteiger partial charge >= 0.3 is 0 Å². The van der Waals surface area contributed by atoms with E-state index < -0.39 is 0 Å². The van der Waals surface area contributed by atoms with E-state index >= 15 is 0 Å². The number of nitrogens with zero attached hydrogens (tertiary/aromatic N) is 2. The van der Waals surface area contributed by atoms with Crippen LogP contribution in [-0.4, -0.2) is 17.1 Å². The van der Waals surface area contributed by atoms with E-state index in [-0.39, 0.29) is 5.82 Å². The zero-order valence-corrected chi connectivity index (χ0v) is 11.5. The van der Waals surface area contributed by atoms with Gasteiger partial charge in [0.1, 0.15) is 12.1 Å². The van der Waals surface area contributed by atoms with E-state index in [1.165, 1.54) is 19.5 Å². The van der Waals surface area contributed by atoms with Gasteiger partial charge in [-0.25, -0.2) is 20.2 Å². The van der Waals surface area contributed by atoms with Gasteiger partial charge < -0.3 is 15.5 Å². The van der Waals surface area contributed by atoms with Gasteiger partial charge in [0.05, 0.1) is 11.6 Å². The number of nitrogens with one attached hydrogen (secondary N) is 2. The zero-order chi connectivity index (χ0) is 13.8. The maximum atomic E-state index is 13.4. The predicted molar refractivity (Wildman–Crippen MR) is 73.8 cm³/mol. The Morgan fingerprint density at radius 1 is 1.32 bits per heavy atom. The first-order valence-electron chi connectivity index (χ1n) is 5.23. The molecule has 1 heterocycles.